The summed E-state index contributed by atoms with van der Waals surface area (Å²) >= 11 is 0. The molecule has 0 amide bonds. The van der Waals surface area contributed by atoms with Crippen LogP contribution in [0.5, 0.6) is 0 Å². The van der Waals surface area contributed by atoms with Gasteiger partial charge in [0.15, 0.2) is 0 Å². The third kappa shape index (κ3) is 3.17. The van der Waals surface area contributed by atoms with Gasteiger partial charge in [0, 0.05) is 0 Å². The first-order chi connectivity index (χ1) is 10.2. The van der Waals surface area contributed by atoms with Crippen LogP contribution in [0.4, 0.5) is 0 Å². The van der Waals surface area contributed by atoms with Crippen LogP contribution in [-0.2, 0) is 21.8 Å². The van der Waals surface area contributed by atoms with E-state index in [0.717, 1.165) is 24.8 Å². The molecule has 0 saturated carbocycles. The Morgan fingerprint density at radius 1 is 0.952 bits per heavy atom. The largest absolute Gasteiger partial charge is 0.228 e. The van der Waals surface area contributed by atoms with Gasteiger partial charge < -0.3 is 0 Å². The molecule has 21 heavy (non-hydrogen) atoms. The van der Waals surface area contributed by atoms with Crippen molar-refractivity contribution >= 4 is 0 Å². The predicted octanol–water partition coefficient (Wildman–Crippen LogP) is 4.95. The van der Waals surface area contributed by atoms with Crippen LogP contribution < -0.4 is 0 Å². The predicted molar refractivity (Wildman–Crippen MR) is 83.8 cm³/mol. The van der Waals surface area contributed by atoms with Gasteiger partial charge in [-0.2, -0.15) is 0 Å². The second kappa shape index (κ2) is 6.00. The molecule has 110 valence electrons. The molecule has 1 atom stereocenters. The summed E-state index contributed by atoms with van der Waals surface area (Å²) in [6.07, 6.45) is 3.34. The zero-order valence-corrected chi connectivity index (χ0v) is 12.7. The van der Waals surface area contributed by atoms with Crippen LogP contribution in [0.25, 0.3) is 0 Å². The Morgan fingerprint density at radius 3 is 2.48 bits per heavy atom. The Balaban J connectivity index is 1.71. The molecule has 0 spiro atoms. The molecule has 1 unspecified atom stereocenters. The van der Waals surface area contributed by atoms with Gasteiger partial charge in [0.2, 0.25) is 0 Å². The lowest BCUT2D eigenvalue weighted by Gasteiger charge is -2.30. The molecule has 3 rings (SSSR count). The van der Waals surface area contributed by atoms with E-state index in [-0.39, 0.29) is 6.10 Å². The highest BCUT2D eigenvalue weighted by atomic mass is 17.2. The van der Waals surface area contributed by atoms with Crippen LogP contribution in [-0.4, -0.2) is 0 Å². The monoisotopic (exact) mass is 282 g/mol. The van der Waals surface area contributed by atoms with Crippen molar-refractivity contribution in [2.45, 2.75) is 44.8 Å². The molecule has 2 heteroatoms. The number of benzene rings is 2. The lowest BCUT2D eigenvalue weighted by molar-refractivity contribution is -0.386. The molecule has 1 aliphatic carbocycles. The summed E-state index contributed by atoms with van der Waals surface area (Å²) in [6.45, 7) is 4.08. The van der Waals surface area contributed by atoms with Gasteiger partial charge in [-0.15, -0.1) is 0 Å². The minimum Gasteiger partial charge on any atom is -0.228 e. The van der Waals surface area contributed by atoms with Crippen LogP contribution in [0.2, 0.25) is 0 Å². The van der Waals surface area contributed by atoms with E-state index in [1.165, 1.54) is 11.1 Å². The second-order valence-electron chi connectivity index (χ2n) is 6.14. The third-order valence-corrected chi connectivity index (χ3v) is 4.16. The average Bonchev–Trinajstić information content (AvgIpc) is 2.54. The van der Waals surface area contributed by atoms with Gasteiger partial charge in [-0.3, -0.25) is 0 Å². The first kappa shape index (κ1) is 14.3. The zero-order chi connectivity index (χ0) is 14.7. The second-order valence-corrected chi connectivity index (χ2v) is 6.14. The van der Waals surface area contributed by atoms with Gasteiger partial charge in [0.1, 0.15) is 11.7 Å². The molecule has 0 heterocycles. The highest BCUT2D eigenvalue weighted by Gasteiger charge is 2.27. The zero-order valence-electron chi connectivity index (χ0n) is 12.7. The maximum Gasteiger partial charge on any atom is 0.123 e. The van der Waals surface area contributed by atoms with Gasteiger partial charge in [-0.25, -0.2) is 9.78 Å². The van der Waals surface area contributed by atoms with Crippen LogP contribution in [0.15, 0.2) is 54.6 Å². The molecule has 2 aromatic rings. The normalized spacial score (nSPS) is 18.3. The average molecular weight is 282 g/mol. The van der Waals surface area contributed by atoms with Crippen LogP contribution in [0, 0.1) is 0 Å². The van der Waals surface area contributed by atoms with Crippen molar-refractivity contribution in [1.82, 2.24) is 0 Å². The molecule has 0 aromatic heterocycles. The summed E-state index contributed by atoms with van der Waals surface area (Å²) in [5.41, 5.74) is 3.32. The lowest BCUT2D eigenvalue weighted by Crippen LogP contribution is -2.24. The minimum absolute atomic E-state index is 0.0398. The van der Waals surface area contributed by atoms with Crippen molar-refractivity contribution < 1.29 is 9.78 Å². The van der Waals surface area contributed by atoms with Crippen molar-refractivity contribution in [3.63, 3.8) is 0 Å². The maximum atomic E-state index is 5.83. The molecule has 0 saturated heterocycles. The minimum atomic E-state index is -0.451. The fraction of sp³-hybridized carbons (Fsp3) is 0.368. The van der Waals surface area contributed by atoms with Gasteiger partial charge in [-0.1, -0.05) is 54.6 Å². The molecule has 2 nitrogen and oxygen atoms in total. The summed E-state index contributed by atoms with van der Waals surface area (Å²) < 4.78 is 0. The van der Waals surface area contributed by atoms with Crippen molar-refractivity contribution in [3.8, 4) is 0 Å². The van der Waals surface area contributed by atoms with E-state index in [1.807, 2.05) is 32.0 Å². The Kier molecular flexibility index (Phi) is 4.09. The number of aryl methyl sites for hydroxylation is 1. The van der Waals surface area contributed by atoms with E-state index in [2.05, 4.69) is 36.4 Å². The Hall–Kier alpha value is -1.64. The van der Waals surface area contributed by atoms with Crippen LogP contribution >= 0.6 is 0 Å². The first-order valence-corrected chi connectivity index (χ1v) is 7.65. The molecule has 1 aliphatic rings. The summed E-state index contributed by atoms with van der Waals surface area (Å²) in [5.74, 6) is 0. The van der Waals surface area contributed by atoms with Crippen LogP contribution in [0.3, 0.4) is 0 Å². The lowest BCUT2D eigenvalue weighted by atomic mass is 9.90. The summed E-state index contributed by atoms with van der Waals surface area (Å²) in [6, 6.07) is 18.7. The number of hydrogen-bond acceptors (Lipinski definition) is 2. The van der Waals surface area contributed by atoms with Gasteiger partial charge in [0.05, 0.1) is 0 Å². The smallest absolute Gasteiger partial charge is 0.123 e. The molecular weight excluding hydrogens is 260 g/mol. The SMILES string of the molecule is CC(C)(OOC1CCCc2ccccc21)c1ccccc1. The Bertz CT molecular complexity index is 590. The van der Waals surface area contributed by atoms with Gasteiger partial charge in [-0.05, 0) is 49.8 Å². The van der Waals surface area contributed by atoms with Crippen molar-refractivity contribution in [2.75, 3.05) is 0 Å². The standard InChI is InChI=1S/C19H22O2/c1-19(2,16-11-4-3-5-12-16)21-20-18-14-8-10-15-9-6-7-13-17(15)18/h3-7,9,11-13,18H,8,10,14H2,1-2H3. The van der Waals surface area contributed by atoms with Gasteiger partial charge >= 0.3 is 0 Å². The highest BCUT2D eigenvalue weighted by Crippen LogP contribution is 2.35. The Morgan fingerprint density at radius 2 is 1.67 bits per heavy atom. The van der Waals surface area contributed by atoms with E-state index < -0.39 is 5.60 Å². The Labute approximate surface area is 126 Å². The van der Waals surface area contributed by atoms with Gasteiger partial charge in [0.25, 0.3) is 0 Å². The number of hydrogen-bond donors (Lipinski definition) is 0. The highest BCUT2D eigenvalue weighted by molar-refractivity contribution is 5.31. The first-order valence-electron chi connectivity index (χ1n) is 7.65. The fourth-order valence-electron chi connectivity index (χ4n) is 2.88. The topological polar surface area (TPSA) is 18.5 Å². The van der Waals surface area contributed by atoms with E-state index in [4.69, 9.17) is 9.78 Å². The van der Waals surface area contributed by atoms with Crippen molar-refractivity contribution in [1.29, 1.82) is 0 Å². The summed E-state index contributed by atoms with van der Waals surface area (Å²) in [4.78, 5) is 11.6. The number of rotatable bonds is 4. The molecule has 0 N–H and O–H groups in total. The van der Waals surface area contributed by atoms with E-state index in [9.17, 15) is 0 Å². The fourth-order valence-corrected chi connectivity index (χ4v) is 2.88. The molecule has 0 radical (unpaired) electrons. The molecule has 0 bridgehead atoms. The summed E-state index contributed by atoms with van der Waals surface area (Å²) in [7, 11) is 0. The van der Waals surface area contributed by atoms with E-state index >= 15 is 0 Å². The molecule has 0 fully saturated rings. The third-order valence-electron chi connectivity index (χ3n) is 4.16. The van der Waals surface area contributed by atoms with Crippen molar-refractivity contribution in [2.24, 2.45) is 0 Å². The molecule has 2 aromatic carbocycles. The van der Waals surface area contributed by atoms with Crippen LogP contribution in [0.1, 0.15) is 49.5 Å². The maximum absolute atomic E-state index is 5.83. The van der Waals surface area contributed by atoms with Crippen molar-refractivity contribution in [3.05, 3.63) is 71.3 Å². The van der Waals surface area contributed by atoms with E-state index in [0.29, 0.717) is 0 Å². The molecular formula is C19H22O2. The quantitative estimate of drug-likeness (QED) is 0.583. The molecule has 0 aliphatic heterocycles. The number of fused-ring (bicyclic) bond motifs is 1. The van der Waals surface area contributed by atoms with E-state index in [1.54, 1.807) is 0 Å². The summed E-state index contributed by atoms with van der Waals surface area (Å²) in [5, 5.41) is 0.